The highest BCUT2D eigenvalue weighted by molar-refractivity contribution is 7.09. The van der Waals surface area contributed by atoms with Crippen LogP contribution in [0.15, 0.2) is 11.6 Å². The van der Waals surface area contributed by atoms with Gasteiger partial charge in [0, 0.05) is 43.3 Å². The summed E-state index contributed by atoms with van der Waals surface area (Å²) in [7, 11) is 0. The molecular weight excluding hydrogens is 320 g/mol. The zero-order valence-corrected chi connectivity index (χ0v) is 15.5. The van der Waals surface area contributed by atoms with E-state index in [0.29, 0.717) is 18.0 Å². The van der Waals surface area contributed by atoms with Gasteiger partial charge in [-0.2, -0.15) is 0 Å². The Hall–Kier alpha value is -0.980. The Bertz CT molecular complexity index is 572. The highest BCUT2D eigenvalue weighted by Crippen LogP contribution is 2.38. The maximum atomic E-state index is 12.7. The normalized spacial score (nSPS) is 30.9. The van der Waals surface area contributed by atoms with E-state index in [2.05, 4.69) is 33.9 Å². The van der Waals surface area contributed by atoms with Crippen LogP contribution in [0.25, 0.3) is 0 Å². The van der Waals surface area contributed by atoms with Crippen molar-refractivity contribution in [3.63, 3.8) is 0 Å². The lowest BCUT2D eigenvalue weighted by Crippen LogP contribution is -2.50. The standard InChI is InChI=1S/C18H28N4OS/c1-12(2)22-15(18(23)20-8-13-3-4-13)7-14-9-21(10-16(14)22)11-17-19-5-6-24-17/h5-6,12-16H,3-4,7-11H2,1-2H3,(H,20,23)/t14-,15+,16+/m0/s1. The van der Waals surface area contributed by atoms with E-state index < -0.39 is 0 Å². The summed E-state index contributed by atoms with van der Waals surface area (Å²) < 4.78 is 0. The fourth-order valence-electron chi connectivity index (χ4n) is 4.47. The summed E-state index contributed by atoms with van der Waals surface area (Å²) in [5.74, 6) is 1.62. The average molecular weight is 349 g/mol. The lowest BCUT2D eigenvalue weighted by Gasteiger charge is -2.33. The molecule has 4 rings (SSSR count). The minimum atomic E-state index is 0.0702. The molecule has 0 bridgehead atoms. The maximum absolute atomic E-state index is 12.7. The van der Waals surface area contributed by atoms with Gasteiger partial charge in [0.15, 0.2) is 0 Å². The van der Waals surface area contributed by atoms with E-state index in [1.165, 1.54) is 17.8 Å². The fourth-order valence-corrected chi connectivity index (χ4v) is 5.13. The number of fused-ring (bicyclic) bond motifs is 1. The first-order chi connectivity index (χ1) is 11.6. The molecule has 132 valence electrons. The van der Waals surface area contributed by atoms with E-state index in [-0.39, 0.29) is 11.9 Å². The second-order valence-corrected chi connectivity index (χ2v) is 8.91. The predicted molar refractivity (Wildman–Crippen MR) is 95.8 cm³/mol. The Morgan fingerprint density at radius 2 is 2.25 bits per heavy atom. The van der Waals surface area contributed by atoms with Crippen LogP contribution < -0.4 is 5.32 Å². The Kier molecular flexibility index (Phi) is 4.62. The smallest absolute Gasteiger partial charge is 0.237 e. The number of aromatic nitrogens is 1. The van der Waals surface area contributed by atoms with Crippen molar-refractivity contribution in [2.45, 2.75) is 57.8 Å². The molecular formula is C18H28N4OS. The molecule has 5 nitrogen and oxygen atoms in total. The first-order valence-electron chi connectivity index (χ1n) is 9.27. The maximum Gasteiger partial charge on any atom is 0.237 e. The number of carbonyl (C=O) groups is 1. The van der Waals surface area contributed by atoms with Crippen LogP contribution in [0.5, 0.6) is 0 Å². The van der Waals surface area contributed by atoms with Crippen molar-refractivity contribution >= 4 is 17.2 Å². The molecule has 24 heavy (non-hydrogen) atoms. The third kappa shape index (κ3) is 3.37. The lowest BCUT2D eigenvalue weighted by molar-refractivity contribution is -0.126. The van der Waals surface area contributed by atoms with Gasteiger partial charge >= 0.3 is 0 Å². The second kappa shape index (κ2) is 6.73. The molecule has 3 atom stereocenters. The molecule has 1 aromatic heterocycles. The van der Waals surface area contributed by atoms with Gasteiger partial charge < -0.3 is 5.32 Å². The van der Waals surface area contributed by atoms with Crippen molar-refractivity contribution in [1.29, 1.82) is 0 Å². The van der Waals surface area contributed by atoms with Gasteiger partial charge in [0.05, 0.1) is 12.6 Å². The monoisotopic (exact) mass is 348 g/mol. The number of hydrogen-bond donors (Lipinski definition) is 1. The van der Waals surface area contributed by atoms with Gasteiger partial charge in [-0.25, -0.2) is 4.98 Å². The topological polar surface area (TPSA) is 48.5 Å². The third-order valence-electron chi connectivity index (χ3n) is 5.75. The van der Waals surface area contributed by atoms with E-state index in [1.54, 1.807) is 11.3 Å². The number of thiazole rings is 1. The van der Waals surface area contributed by atoms with Crippen LogP contribution in [-0.2, 0) is 11.3 Å². The van der Waals surface area contributed by atoms with Crippen LogP contribution in [0.2, 0.25) is 0 Å². The molecule has 2 aliphatic heterocycles. The Balaban J connectivity index is 1.39. The molecule has 1 saturated carbocycles. The molecule has 1 amide bonds. The van der Waals surface area contributed by atoms with Gasteiger partial charge in [-0.05, 0) is 44.9 Å². The summed E-state index contributed by atoms with van der Waals surface area (Å²) in [6.45, 7) is 8.46. The quantitative estimate of drug-likeness (QED) is 0.854. The Labute approximate surface area is 148 Å². The van der Waals surface area contributed by atoms with Gasteiger partial charge in [0.1, 0.15) is 5.01 Å². The molecule has 1 N–H and O–H groups in total. The highest BCUT2D eigenvalue weighted by atomic mass is 32.1. The number of amides is 1. The number of carbonyl (C=O) groups excluding carboxylic acids is 1. The molecule has 6 heteroatoms. The first-order valence-corrected chi connectivity index (χ1v) is 10.2. The summed E-state index contributed by atoms with van der Waals surface area (Å²) in [5.41, 5.74) is 0. The van der Waals surface area contributed by atoms with Gasteiger partial charge in [-0.15, -0.1) is 11.3 Å². The summed E-state index contributed by atoms with van der Waals surface area (Å²) in [6.07, 6.45) is 5.47. The van der Waals surface area contributed by atoms with Crippen molar-refractivity contribution in [1.82, 2.24) is 20.1 Å². The van der Waals surface area contributed by atoms with E-state index in [4.69, 9.17) is 0 Å². The fraction of sp³-hybridized carbons (Fsp3) is 0.778. The van der Waals surface area contributed by atoms with Crippen molar-refractivity contribution in [3.05, 3.63) is 16.6 Å². The van der Waals surface area contributed by atoms with E-state index in [0.717, 1.165) is 38.5 Å². The van der Waals surface area contributed by atoms with Gasteiger partial charge in [-0.3, -0.25) is 14.6 Å². The number of likely N-dealkylation sites (tertiary alicyclic amines) is 2. The average Bonchev–Trinajstić information content (AvgIpc) is 2.93. The van der Waals surface area contributed by atoms with Crippen LogP contribution >= 0.6 is 11.3 Å². The molecule has 1 aromatic rings. The van der Waals surface area contributed by atoms with Crippen LogP contribution in [0, 0.1) is 11.8 Å². The molecule has 3 heterocycles. The largest absolute Gasteiger partial charge is 0.354 e. The molecule has 3 aliphatic rings. The van der Waals surface area contributed by atoms with E-state index in [9.17, 15) is 4.79 Å². The van der Waals surface area contributed by atoms with Crippen LogP contribution in [0.3, 0.4) is 0 Å². The molecule has 0 unspecified atom stereocenters. The highest BCUT2D eigenvalue weighted by Gasteiger charge is 2.49. The van der Waals surface area contributed by atoms with Crippen molar-refractivity contribution in [2.24, 2.45) is 11.8 Å². The van der Waals surface area contributed by atoms with E-state index >= 15 is 0 Å². The summed E-state index contributed by atoms with van der Waals surface area (Å²) in [4.78, 5) is 22.1. The molecule has 0 spiro atoms. The molecule has 2 saturated heterocycles. The molecule has 0 radical (unpaired) electrons. The first kappa shape index (κ1) is 16.5. The van der Waals surface area contributed by atoms with Crippen LogP contribution in [-0.4, -0.2) is 58.5 Å². The second-order valence-electron chi connectivity index (χ2n) is 7.93. The summed E-state index contributed by atoms with van der Waals surface area (Å²) in [5, 5.41) is 6.45. The van der Waals surface area contributed by atoms with Gasteiger partial charge in [-0.1, -0.05) is 0 Å². The van der Waals surface area contributed by atoms with Crippen LogP contribution in [0.4, 0.5) is 0 Å². The van der Waals surface area contributed by atoms with Gasteiger partial charge in [0.2, 0.25) is 5.91 Å². The van der Waals surface area contributed by atoms with Gasteiger partial charge in [0.25, 0.3) is 0 Å². The van der Waals surface area contributed by atoms with Crippen molar-refractivity contribution in [2.75, 3.05) is 19.6 Å². The number of nitrogens with one attached hydrogen (secondary N) is 1. The summed E-state index contributed by atoms with van der Waals surface area (Å²) in [6, 6.07) is 0.999. The third-order valence-corrected chi connectivity index (χ3v) is 6.52. The number of nitrogens with zero attached hydrogens (tertiary/aromatic N) is 3. The Morgan fingerprint density at radius 3 is 2.92 bits per heavy atom. The summed E-state index contributed by atoms with van der Waals surface area (Å²) >= 11 is 1.74. The number of hydrogen-bond acceptors (Lipinski definition) is 5. The van der Waals surface area contributed by atoms with Crippen molar-refractivity contribution < 1.29 is 4.79 Å². The Morgan fingerprint density at radius 1 is 1.42 bits per heavy atom. The SMILES string of the molecule is CC(C)N1[C@@H](C(=O)NCC2CC2)C[C@H]2CN(Cc3nccs3)C[C@H]21. The van der Waals surface area contributed by atoms with Crippen molar-refractivity contribution in [3.8, 4) is 0 Å². The predicted octanol–water partition coefficient (Wildman–Crippen LogP) is 1.95. The van der Waals surface area contributed by atoms with E-state index in [1.807, 2.05) is 11.6 Å². The minimum Gasteiger partial charge on any atom is -0.354 e. The molecule has 1 aliphatic carbocycles. The lowest BCUT2D eigenvalue weighted by atomic mass is 10.0. The minimum absolute atomic E-state index is 0.0702. The molecule has 0 aromatic carbocycles. The number of rotatable bonds is 6. The molecule has 3 fully saturated rings. The van der Waals surface area contributed by atoms with Crippen LogP contribution in [0.1, 0.15) is 38.1 Å². The zero-order chi connectivity index (χ0) is 16.7. The zero-order valence-electron chi connectivity index (χ0n) is 14.6.